The number of benzene rings is 2. The molecule has 2 fully saturated rings. The zero-order valence-corrected chi connectivity index (χ0v) is 16.1. The van der Waals surface area contributed by atoms with E-state index in [2.05, 4.69) is 5.32 Å². The summed E-state index contributed by atoms with van der Waals surface area (Å²) in [6.07, 6.45) is 0.524. The molecular weight excluding hydrogens is 374 g/mol. The second-order valence-electron chi connectivity index (χ2n) is 6.89. The molecule has 2 aliphatic rings. The van der Waals surface area contributed by atoms with Crippen LogP contribution in [0, 0.1) is 0 Å². The number of carbonyl (C=O) groups excluding carboxylic acids is 3. The predicted octanol–water partition coefficient (Wildman–Crippen LogP) is 2.04. The highest BCUT2D eigenvalue weighted by Crippen LogP contribution is 2.30. The van der Waals surface area contributed by atoms with Crippen molar-refractivity contribution in [1.82, 2.24) is 10.2 Å². The van der Waals surface area contributed by atoms with E-state index in [-0.39, 0.29) is 5.91 Å². The van der Waals surface area contributed by atoms with Crippen LogP contribution in [0.3, 0.4) is 0 Å². The van der Waals surface area contributed by atoms with Crippen molar-refractivity contribution < 1.29 is 23.9 Å². The molecule has 2 aliphatic heterocycles. The Morgan fingerprint density at radius 2 is 1.76 bits per heavy atom. The number of hydrogen-bond donors (Lipinski definition) is 1. The number of ether oxygens (including phenoxy) is 2. The second kappa shape index (κ2) is 7.46. The van der Waals surface area contributed by atoms with E-state index in [1.807, 2.05) is 0 Å². The molecule has 0 aromatic heterocycles. The molecule has 2 atom stereocenters. The van der Waals surface area contributed by atoms with E-state index in [4.69, 9.17) is 9.47 Å². The SMILES string of the molecule is COc1ccc(C(=O)N2CCC3NC(=O)N(c4cccc(OC)c4)C(=O)C32)cc1. The Balaban J connectivity index is 1.62. The maximum Gasteiger partial charge on any atom is 0.329 e. The summed E-state index contributed by atoms with van der Waals surface area (Å²) in [6, 6.07) is 11.8. The normalized spacial score (nSPS) is 20.9. The van der Waals surface area contributed by atoms with Gasteiger partial charge in [0, 0.05) is 18.2 Å². The monoisotopic (exact) mass is 395 g/mol. The smallest absolute Gasteiger partial charge is 0.329 e. The molecule has 2 saturated heterocycles. The lowest BCUT2D eigenvalue weighted by molar-refractivity contribution is -0.122. The number of imide groups is 1. The number of nitrogens with one attached hydrogen (secondary N) is 1. The molecule has 1 N–H and O–H groups in total. The minimum absolute atomic E-state index is 0.254. The van der Waals surface area contributed by atoms with Crippen LogP contribution in [0.2, 0.25) is 0 Å². The molecule has 4 rings (SSSR count). The summed E-state index contributed by atoms with van der Waals surface area (Å²) in [6.45, 7) is 0.387. The Labute approximate surface area is 168 Å². The number of nitrogens with zero attached hydrogens (tertiary/aromatic N) is 2. The third-order valence-corrected chi connectivity index (χ3v) is 5.29. The maximum absolute atomic E-state index is 13.3. The van der Waals surface area contributed by atoms with Crippen LogP contribution in [0.4, 0.5) is 10.5 Å². The van der Waals surface area contributed by atoms with E-state index in [0.29, 0.717) is 35.7 Å². The fourth-order valence-electron chi connectivity index (χ4n) is 3.83. The lowest BCUT2D eigenvalue weighted by Crippen LogP contribution is -2.65. The molecule has 150 valence electrons. The van der Waals surface area contributed by atoms with Crippen molar-refractivity contribution in [3.63, 3.8) is 0 Å². The first kappa shape index (κ1) is 18.8. The quantitative estimate of drug-likeness (QED) is 0.856. The summed E-state index contributed by atoms with van der Waals surface area (Å²) in [5.74, 6) is 0.496. The van der Waals surface area contributed by atoms with E-state index in [1.54, 1.807) is 55.6 Å². The highest BCUT2D eigenvalue weighted by atomic mass is 16.5. The zero-order valence-electron chi connectivity index (χ0n) is 16.1. The van der Waals surface area contributed by atoms with Gasteiger partial charge in [0.1, 0.15) is 17.5 Å². The molecule has 2 heterocycles. The standard InChI is InChI=1S/C21H21N3O5/c1-28-15-8-6-13(7-9-15)19(25)23-11-10-17-18(23)20(26)24(21(27)22-17)14-4-3-5-16(12-14)29-2/h3-9,12,17-18H,10-11H2,1-2H3,(H,22,27). The maximum atomic E-state index is 13.3. The van der Waals surface area contributed by atoms with Gasteiger partial charge < -0.3 is 19.7 Å². The van der Waals surface area contributed by atoms with E-state index < -0.39 is 24.0 Å². The molecule has 0 bridgehead atoms. The first-order valence-corrected chi connectivity index (χ1v) is 9.27. The molecule has 2 aromatic rings. The van der Waals surface area contributed by atoms with Crippen LogP contribution in [0.25, 0.3) is 0 Å². The van der Waals surface area contributed by atoms with E-state index >= 15 is 0 Å². The van der Waals surface area contributed by atoms with Gasteiger partial charge in [-0.15, -0.1) is 0 Å². The zero-order chi connectivity index (χ0) is 20.5. The fourth-order valence-corrected chi connectivity index (χ4v) is 3.83. The average Bonchev–Trinajstić information content (AvgIpc) is 3.17. The van der Waals surface area contributed by atoms with Crippen molar-refractivity contribution in [1.29, 1.82) is 0 Å². The molecule has 29 heavy (non-hydrogen) atoms. The average molecular weight is 395 g/mol. The van der Waals surface area contributed by atoms with Gasteiger partial charge >= 0.3 is 6.03 Å². The number of likely N-dealkylation sites (tertiary alicyclic amines) is 1. The number of amides is 4. The molecular formula is C21H21N3O5. The summed E-state index contributed by atoms with van der Waals surface area (Å²) in [5, 5.41) is 2.86. The molecule has 0 radical (unpaired) electrons. The summed E-state index contributed by atoms with van der Waals surface area (Å²) >= 11 is 0. The molecule has 0 spiro atoms. The summed E-state index contributed by atoms with van der Waals surface area (Å²) in [4.78, 5) is 41.5. The van der Waals surface area contributed by atoms with Crippen molar-refractivity contribution in [3.8, 4) is 11.5 Å². The van der Waals surface area contributed by atoms with E-state index in [9.17, 15) is 14.4 Å². The van der Waals surface area contributed by atoms with Gasteiger partial charge in [-0.1, -0.05) is 6.07 Å². The minimum Gasteiger partial charge on any atom is -0.497 e. The molecule has 8 nitrogen and oxygen atoms in total. The Morgan fingerprint density at radius 1 is 1.03 bits per heavy atom. The van der Waals surface area contributed by atoms with Crippen molar-refractivity contribution >= 4 is 23.5 Å². The third kappa shape index (κ3) is 3.26. The lowest BCUT2D eigenvalue weighted by atomic mass is 10.0. The Kier molecular flexibility index (Phi) is 4.84. The van der Waals surface area contributed by atoms with Crippen LogP contribution in [-0.4, -0.2) is 55.6 Å². The third-order valence-electron chi connectivity index (χ3n) is 5.29. The summed E-state index contributed by atoms with van der Waals surface area (Å²) < 4.78 is 10.3. The number of anilines is 1. The Morgan fingerprint density at radius 3 is 2.45 bits per heavy atom. The number of fused-ring (bicyclic) bond motifs is 1. The number of methoxy groups -OCH3 is 2. The van der Waals surface area contributed by atoms with Gasteiger partial charge in [-0.05, 0) is 42.8 Å². The van der Waals surface area contributed by atoms with Gasteiger partial charge in [0.05, 0.1) is 25.9 Å². The van der Waals surface area contributed by atoms with Crippen molar-refractivity contribution in [2.75, 3.05) is 25.7 Å². The predicted molar refractivity (Wildman–Crippen MR) is 105 cm³/mol. The molecule has 0 saturated carbocycles. The first-order valence-electron chi connectivity index (χ1n) is 9.27. The Hall–Kier alpha value is -3.55. The van der Waals surface area contributed by atoms with Crippen LogP contribution in [0.15, 0.2) is 48.5 Å². The minimum atomic E-state index is -0.756. The van der Waals surface area contributed by atoms with Crippen LogP contribution in [0.5, 0.6) is 11.5 Å². The van der Waals surface area contributed by atoms with Crippen LogP contribution in [0.1, 0.15) is 16.8 Å². The highest BCUT2D eigenvalue weighted by molar-refractivity contribution is 6.19. The Bertz CT molecular complexity index is 959. The van der Waals surface area contributed by atoms with Gasteiger partial charge in [-0.3, -0.25) is 9.59 Å². The van der Waals surface area contributed by atoms with Gasteiger partial charge in [0.15, 0.2) is 0 Å². The summed E-state index contributed by atoms with van der Waals surface area (Å²) in [5.41, 5.74) is 0.859. The lowest BCUT2D eigenvalue weighted by Gasteiger charge is -2.37. The number of carbonyl (C=O) groups is 3. The van der Waals surface area contributed by atoms with Crippen molar-refractivity contribution in [3.05, 3.63) is 54.1 Å². The van der Waals surface area contributed by atoms with Gasteiger partial charge in [-0.2, -0.15) is 0 Å². The van der Waals surface area contributed by atoms with Gasteiger partial charge in [0.2, 0.25) is 0 Å². The molecule has 0 aliphatic carbocycles. The number of urea groups is 1. The molecule has 8 heteroatoms. The molecule has 2 aromatic carbocycles. The first-order chi connectivity index (χ1) is 14.0. The van der Waals surface area contributed by atoms with Crippen molar-refractivity contribution in [2.45, 2.75) is 18.5 Å². The highest BCUT2D eigenvalue weighted by Gasteiger charge is 2.50. The van der Waals surface area contributed by atoms with Gasteiger partial charge in [-0.25, -0.2) is 9.69 Å². The van der Waals surface area contributed by atoms with E-state index in [1.165, 1.54) is 12.0 Å². The van der Waals surface area contributed by atoms with Crippen LogP contribution >= 0.6 is 0 Å². The van der Waals surface area contributed by atoms with Crippen molar-refractivity contribution in [2.24, 2.45) is 0 Å². The molecule has 2 unspecified atom stereocenters. The van der Waals surface area contributed by atoms with Gasteiger partial charge in [0.25, 0.3) is 11.8 Å². The van der Waals surface area contributed by atoms with Crippen LogP contribution in [-0.2, 0) is 4.79 Å². The number of rotatable bonds is 4. The largest absolute Gasteiger partial charge is 0.497 e. The number of hydrogen-bond acceptors (Lipinski definition) is 5. The molecule has 4 amide bonds. The topological polar surface area (TPSA) is 88.2 Å². The fraction of sp³-hybridized carbons (Fsp3) is 0.286. The summed E-state index contributed by atoms with van der Waals surface area (Å²) in [7, 11) is 3.07. The van der Waals surface area contributed by atoms with Crippen LogP contribution < -0.4 is 19.7 Å². The second-order valence-corrected chi connectivity index (χ2v) is 6.89. The van der Waals surface area contributed by atoms with E-state index in [0.717, 1.165) is 4.90 Å².